The molecule has 0 aromatic carbocycles. The van der Waals surface area contributed by atoms with Crippen molar-refractivity contribution in [1.29, 1.82) is 0 Å². The highest BCUT2D eigenvalue weighted by atomic mass is 32.2. The lowest BCUT2D eigenvalue weighted by Gasteiger charge is -2.42. The zero-order chi connectivity index (χ0) is 28.0. The second kappa shape index (κ2) is 10.9. The zero-order valence-corrected chi connectivity index (χ0v) is 24.1. The molecule has 12 heteroatoms. The van der Waals surface area contributed by atoms with E-state index in [0.717, 1.165) is 73.3 Å². The minimum atomic E-state index is 0.0301. The highest BCUT2D eigenvalue weighted by Crippen LogP contribution is 2.50. The van der Waals surface area contributed by atoms with Gasteiger partial charge in [0.05, 0.1) is 23.7 Å². The molecule has 3 aromatic rings. The van der Waals surface area contributed by atoms with Gasteiger partial charge in [0.2, 0.25) is 0 Å². The van der Waals surface area contributed by atoms with E-state index in [1.54, 1.807) is 7.11 Å². The van der Waals surface area contributed by atoms with Gasteiger partial charge in [0, 0.05) is 56.8 Å². The molecule has 4 N–H and O–H groups in total. The van der Waals surface area contributed by atoms with Gasteiger partial charge in [-0.25, -0.2) is 15.0 Å². The van der Waals surface area contributed by atoms with Crippen LogP contribution < -0.4 is 26.0 Å². The number of fused-ring (bicyclic) bond motifs is 4. The van der Waals surface area contributed by atoms with E-state index in [2.05, 4.69) is 25.8 Å². The molecule has 0 bridgehead atoms. The summed E-state index contributed by atoms with van der Waals surface area (Å²) < 4.78 is 16.9. The first-order chi connectivity index (χ1) is 20.0. The van der Waals surface area contributed by atoms with Crippen molar-refractivity contribution in [2.24, 2.45) is 17.1 Å². The van der Waals surface area contributed by atoms with Crippen LogP contribution in [0.1, 0.15) is 36.6 Å². The number of nitrogens with two attached hydrogens (primary N) is 2. The fourth-order valence-corrected chi connectivity index (χ4v) is 7.75. The molecular formula is C29H36N8O3S. The summed E-state index contributed by atoms with van der Waals surface area (Å²) in [5.41, 5.74) is 15.6. The maximum atomic E-state index is 6.73. The number of pyridine rings is 2. The fraction of sp³-hybridized carbons (Fsp3) is 0.517. The molecule has 1 aliphatic carbocycles. The van der Waals surface area contributed by atoms with Gasteiger partial charge in [0.25, 0.3) is 0 Å². The van der Waals surface area contributed by atoms with Gasteiger partial charge in [-0.15, -0.1) is 0 Å². The number of nitrogens with zero attached hydrogens (tertiary/aromatic N) is 6. The van der Waals surface area contributed by atoms with Crippen LogP contribution >= 0.6 is 11.8 Å². The fourth-order valence-electron chi connectivity index (χ4n) is 6.91. The van der Waals surface area contributed by atoms with Gasteiger partial charge in [0.1, 0.15) is 24.2 Å². The molecule has 11 nitrogen and oxygen atoms in total. The standard InChI is InChI=1S/C29H36N8O3S/c1-38-17-39-15-18-11-19-16-40-24-22(4-8-33-27(24)37(19)14-18)41-28-26(31)35-23(13-34-28)36-9-5-29(6-10-36)12-21-20(25(29)30)3-2-7-32-21/h2-4,7-8,13,18-19,25H,5-6,9-12,14-17,30H2,1H3,(H2,31,35)/t18-,19-,25-/m1/s1. The van der Waals surface area contributed by atoms with Crippen LogP contribution in [0.25, 0.3) is 0 Å². The van der Waals surface area contributed by atoms with Gasteiger partial charge in [-0.2, -0.15) is 0 Å². The first kappa shape index (κ1) is 26.7. The summed E-state index contributed by atoms with van der Waals surface area (Å²) in [6.45, 7) is 4.21. The molecule has 1 spiro atoms. The monoisotopic (exact) mass is 576 g/mol. The van der Waals surface area contributed by atoms with Crippen molar-refractivity contribution in [3.05, 3.63) is 48.0 Å². The maximum Gasteiger partial charge on any atom is 0.175 e. The number of aromatic nitrogens is 4. The number of nitrogen functional groups attached to an aromatic ring is 1. The molecule has 7 rings (SSSR count). The minimum Gasteiger partial charge on any atom is -0.486 e. The van der Waals surface area contributed by atoms with Crippen molar-refractivity contribution in [3.8, 4) is 5.75 Å². The van der Waals surface area contributed by atoms with Crippen LogP contribution in [0.5, 0.6) is 5.75 Å². The Morgan fingerprint density at radius 3 is 2.85 bits per heavy atom. The van der Waals surface area contributed by atoms with Gasteiger partial charge >= 0.3 is 0 Å². The molecule has 41 heavy (non-hydrogen) atoms. The number of hydrogen-bond acceptors (Lipinski definition) is 12. The average molecular weight is 577 g/mol. The van der Waals surface area contributed by atoms with Gasteiger partial charge in [-0.1, -0.05) is 17.8 Å². The molecule has 0 radical (unpaired) electrons. The van der Waals surface area contributed by atoms with E-state index in [9.17, 15) is 0 Å². The Bertz CT molecular complexity index is 1420. The first-order valence-electron chi connectivity index (χ1n) is 14.2. The molecular weight excluding hydrogens is 540 g/mol. The SMILES string of the molecule is COCOC[C@@H]1C[C@@H]2COc3c(Sc4ncc(N5CCC6(CC5)Cc5ncccc5[C@H]6N)nc4N)ccnc3N2C1. The number of hydrogen-bond donors (Lipinski definition) is 2. The number of anilines is 3. The van der Waals surface area contributed by atoms with E-state index >= 15 is 0 Å². The quantitative estimate of drug-likeness (QED) is 0.316. The summed E-state index contributed by atoms with van der Waals surface area (Å²) in [5.74, 6) is 3.28. The third-order valence-corrected chi connectivity index (χ3v) is 10.1. The molecule has 0 amide bonds. The van der Waals surface area contributed by atoms with Crippen molar-refractivity contribution >= 4 is 29.2 Å². The Morgan fingerprint density at radius 1 is 1.17 bits per heavy atom. The van der Waals surface area contributed by atoms with Crippen LogP contribution in [0.2, 0.25) is 0 Å². The minimum absolute atomic E-state index is 0.0301. The summed E-state index contributed by atoms with van der Waals surface area (Å²) >= 11 is 1.47. The molecule has 3 aliphatic heterocycles. The van der Waals surface area contributed by atoms with Crippen LogP contribution in [-0.4, -0.2) is 72.7 Å². The van der Waals surface area contributed by atoms with Crippen LogP contribution in [0.3, 0.4) is 0 Å². The molecule has 0 unspecified atom stereocenters. The Labute approximate surface area is 244 Å². The van der Waals surface area contributed by atoms with Gasteiger partial charge in [-0.3, -0.25) is 4.98 Å². The van der Waals surface area contributed by atoms with Crippen molar-refractivity contribution in [3.63, 3.8) is 0 Å². The van der Waals surface area contributed by atoms with Gasteiger partial charge in [0.15, 0.2) is 17.4 Å². The highest BCUT2D eigenvalue weighted by molar-refractivity contribution is 7.99. The van der Waals surface area contributed by atoms with Crippen LogP contribution in [0.4, 0.5) is 17.5 Å². The van der Waals surface area contributed by atoms with Crippen LogP contribution in [0, 0.1) is 11.3 Å². The lowest BCUT2D eigenvalue weighted by atomic mass is 9.73. The Kier molecular flexibility index (Phi) is 7.10. The summed E-state index contributed by atoms with van der Waals surface area (Å²) in [6, 6.07) is 6.39. The molecule has 4 aliphatic rings. The van der Waals surface area contributed by atoms with Crippen molar-refractivity contribution in [2.45, 2.75) is 47.7 Å². The van der Waals surface area contributed by atoms with E-state index in [4.69, 9.17) is 35.6 Å². The second-order valence-electron chi connectivity index (χ2n) is 11.5. The highest BCUT2D eigenvalue weighted by Gasteiger charge is 2.46. The molecule has 0 saturated carbocycles. The average Bonchev–Trinajstić information content (AvgIpc) is 3.53. The van der Waals surface area contributed by atoms with Gasteiger partial charge in [-0.05, 0) is 48.8 Å². The number of ether oxygens (including phenoxy) is 3. The zero-order valence-electron chi connectivity index (χ0n) is 23.2. The van der Waals surface area contributed by atoms with Crippen molar-refractivity contribution in [2.75, 3.05) is 62.3 Å². The molecule has 6 heterocycles. The van der Waals surface area contributed by atoms with Crippen LogP contribution in [-0.2, 0) is 15.9 Å². The lowest BCUT2D eigenvalue weighted by Crippen LogP contribution is -2.44. The van der Waals surface area contributed by atoms with E-state index in [1.165, 1.54) is 17.3 Å². The smallest absolute Gasteiger partial charge is 0.175 e. The summed E-state index contributed by atoms with van der Waals surface area (Å²) in [7, 11) is 1.64. The predicted octanol–water partition coefficient (Wildman–Crippen LogP) is 3.05. The number of rotatable bonds is 7. The Balaban J connectivity index is 1.02. The first-order valence-corrected chi connectivity index (χ1v) is 15.1. The largest absolute Gasteiger partial charge is 0.486 e. The molecule has 216 valence electrons. The normalized spacial score (nSPS) is 24.2. The Morgan fingerprint density at radius 2 is 2.05 bits per heavy atom. The molecule has 2 fully saturated rings. The topological polar surface area (TPSA) is 138 Å². The molecule has 2 saturated heterocycles. The summed E-state index contributed by atoms with van der Waals surface area (Å²) in [6.07, 6.45) is 9.45. The van der Waals surface area contributed by atoms with E-state index in [-0.39, 0.29) is 11.5 Å². The van der Waals surface area contributed by atoms with Crippen molar-refractivity contribution in [1.82, 2.24) is 19.9 Å². The molecule has 3 aromatic heterocycles. The predicted molar refractivity (Wildman–Crippen MR) is 156 cm³/mol. The van der Waals surface area contributed by atoms with Crippen molar-refractivity contribution < 1.29 is 14.2 Å². The third-order valence-electron chi connectivity index (χ3n) is 9.08. The lowest BCUT2D eigenvalue weighted by molar-refractivity contribution is -0.0414. The summed E-state index contributed by atoms with van der Waals surface area (Å²) in [4.78, 5) is 24.3. The summed E-state index contributed by atoms with van der Waals surface area (Å²) in [5, 5.41) is 0.660. The number of methoxy groups -OCH3 is 1. The van der Waals surface area contributed by atoms with E-state index < -0.39 is 0 Å². The van der Waals surface area contributed by atoms with E-state index in [0.29, 0.717) is 42.8 Å². The third kappa shape index (κ3) is 4.86. The second-order valence-corrected chi connectivity index (χ2v) is 12.6. The number of piperidine rings is 1. The van der Waals surface area contributed by atoms with Gasteiger partial charge < -0.3 is 35.5 Å². The Hall–Kier alpha value is -3.19. The van der Waals surface area contributed by atoms with E-state index in [1.807, 2.05) is 30.7 Å². The van der Waals surface area contributed by atoms with Crippen LogP contribution in [0.15, 0.2) is 46.7 Å². The molecule has 3 atom stereocenters. The maximum absolute atomic E-state index is 6.73.